The fourth-order valence-corrected chi connectivity index (χ4v) is 3.36. The lowest BCUT2D eigenvalue weighted by Crippen LogP contribution is -2.40. The van der Waals surface area contributed by atoms with Gasteiger partial charge in [-0.2, -0.15) is 5.10 Å². The zero-order valence-electron chi connectivity index (χ0n) is 16.4. The van der Waals surface area contributed by atoms with Crippen LogP contribution >= 0.6 is 11.6 Å². The molecule has 6 nitrogen and oxygen atoms in total. The van der Waals surface area contributed by atoms with Crippen LogP contribution in [0.15, 0.2) is 47.3 Å². The van der Waals surface area contributed by atoms with Gasteiger partial charge in [0.15, 0.2) is 0 Å². The molecule has 3 rings (SSSR count). The van der Waals surface area contributed by atoms with Crippen LogP contribution in [0.4, 0.5) is 14.9 Å². The van der Waals surface area contributed by atoms with Crippen molar-refractivity contribution in [1.29, 1.82) is 0 Å². The molecule has 0 saturated carbocycles. The summed E-state index contributed by atoms with van der Waals surface area (Å²) in [5.41, 5.74) is 0.701. The second kappa shape index (κ2) is 8.61. The average Bonchev–Trinajstić information content (AvgIpc) is 2.69. The Morgan fingerprint density at radius 3 is 2.55 bits per heavy atom. The summed E-state index contributed by atoms with van der Waals surface area (Å²) in [4.78, 5) is 26.8. The molecule has 8 heteroatoms. The van der Waals surface area contributed by atoms with Crippen molar-refractivity contribution in [2.24, 2.45) is 5.92 Å². The third kappa shape index (κ3) is 4.56. The molecule has 0 saturated heterocycles. The number of hydrogen-bond acceptors (Lipinski definition) is 3. The third-order valence-electron chi connectivity index (χ3n) is 4.58. The summed E-state index contributed by atoms with van der Waals surface area (Å²) in [5, 5.41) is 10.6. The van der Waals surface area contributed by atoms with Crippen molar-refractivity contribution < 1.29 is 9.18 Å². The van der Waals surface area contributed by atoms with Crippen LogP contribution < -0.4 is 10.9 Å². The first-order valence-corrected chi connectivity index (χ1v) is 9.65. The Morgan fingerprint density at radius 1 is 1.21 bits per heavy atom. The topological polar surface area (TPSA) is 78.1 Å². The van der Waals surface area contributed by atoms with Gasteiger partial charge < -0.3 is 10.2 Å². The predicted molar refractivity (Wildman–Crippen MR) is 113 cm³/mol. The quantitative estimate of drug-likeness (QED) is 0.616. The van der Waals surface area contributed by atoms with E-state index in [9.17, 15) is 14.0 Å². The molecule has 1 heterocycles. The lowest BCUT2D eigenvalue weighted by molar-refractivity contribution is 0.182. The highest BCUT2D eigenvalue weighted by Gasteiger charge is 2.25. The molecule has 3 aromatic rings. The van der Waals surface area contributed by atoms with E-state index < -0.39 is 11.9 Å². The van der Waals surface area contributed by atoms with Crippen LogP contribution in [0.5, 0.6) is 0 Å². The Labute approximate surface area is 172 Å². The van der Waals surface area contributed by atoms with Crippen LogP contribution in [0.2, 0.25) is 5.02 Å². The molecule has 0 fully saturated rings. The highest BCUT2D eigenvalue weighted by molar-refractivity contribution is 6.31. The lowest BCUT2D eigenvalue weighted by Gasteiger charge is -2.31. The minimum Gasteiger partial charge on any atom is -0.316 e. The zero-order chi connectivity index (χ0) is 21.1. The van der Waals surface area contributed by atoms with Crippen molar-refractivity contribution in [3.8, 4) is 0 Å². The molecule has 0 aliphatic heterocycles. The van der Waals surface area contributed by atoms with Gasteiger partial charge in [0.05, 0.1) is 22.1 Å². The van der Waals surface area contributed by atoms with Crippen LogP contribution in [0.3, 0.4) is 0 Å². The van der Waals surface area contributed by atoms with Crippen molar-refractivity contribution in [1.82, 2.24) is 15.1 Å². The number of urea groups is 1. The first-order chi connectivity index (χ1) is 13.8. The molecular weight excluding hydrogens is 395 g/mol. The van der Waals surface area contributed by atoms with Crippen molar-refractivity contribution in [2.75, 3.05) is 11.9 Å². The van der Waals surface area contributed by atoms with Gasteiger partial charge in [0.1, 0.15) is 5.82 Å². The molecule has 1 aromatic heterocycles. The molecule has 0 bridgehead atoms. The molecule has 152 valence electrons. The van der Waals surface area contributed by atoms with Crippen LogP contribution in [0.1, 0.15) is 32.5 Å². The summed E-state index contributed by atoms with van der Waals surface area (Å²) in [6.07, 6.45) is 0. The van der Waals surface area contributed by atoms with Crippen LogP contribution in [0.25, 0.3) is 10.8 Å². The maximum Gasteiger partial charge on any atom is 0.322 e. The molecule has 1 atom stereocenters. The molecule has 0 aliphatic rings. The number of H-pyrrole nitrogens is 1. The Kier molecular flexibility index (Phi) is 6.17. The number of fused-ring (bicyclic) bond motifs is 1. The Balaban J connectivity index is 1.96. The second-order valence-corrected chi connectivity index (χ2v) is 7.67. The molecule has 0 unspecified atom stereocenters. The van der Waals surface area contributed by atoms with Crippen molar-refractivity contribution in [3.05, 3.63) is 69.4 Å². The van der Waals surface area contributed by atoms with E-state index in [4.69, 9.17) is 11.6 Å². The molecule has 2 amide bonds. The monoisotopic (exact) mass is 416 g/mol. The molecule has 29 heavy (non-hydrogen) atoms. The summed E-state index contributed by atoms with van der Waals surface area (Å²) >= 11 is 5.82. The SMILES string of the molecule is CC(C)CN(C(=O)Nc1ccc(F)c(Cl)c1)[C@H](C)c1n[nH]c(=O)c2ccccc12. The van der Waals surface area contributed by atoms with Gasteiger partial charge in [-0.15, -0.1) is 0 Å². The van der Waals surface area contributed by atoms with E-state index in [1.54, 1.807) is 17.0 Å². The second-order valence-electron chi connectivity index (χ2n) is 7.26. The standard InChI is InChI=1S/C21H22ClFN4O2/c1-12(2)11-27(21(29)24-14-8-9-18(23)17(22)10-14)13(3)19-15-6-4-5-7-16(15)20(28)26-25-19/h4-10,12-13H,11H2,1-3H3,(H,24,29)(H,26,28)/t13-/m1/s1. The van der Waals surface area contributed by atoms with Crippen molar-refractivity contribution in [3.63, 3.8) is 0 Å². The van der Waals surface area contributed by atoms with Crippen molar-refractivity contribution >= 4 is 34.1 Å². The first kappa shape index (κ1) is 20.8. The van der Waals surface area contributed by atoms with Crippen LogP contribution in [-0.4, -0.2) is 27.7 Å². The molecule has 0 spiro atoms. The highest BCUT2D eigenvalue weighted by Crippen LogP contribution is 2.26. The van der Waals surface area contributed by atoms with Crippen LogP contribution in [-0.2, 0) is 0 Å². The maximum atomic E-state index is 13.4. The number of aromatic nitrogens is 2. The zero-order valence-corrected chi connectivity index (χ0v) is 17.1. The molecular formula is C21H22ClFN4O2. The van der Waals surface area contributed by atoms with E-state index in [1.165, 1.54) is 18.2 Å². The summed E-state index contributed by atoms with van der Waals surface area (Å²) in [6, 6.07) is 10.4. The summed E-state index contributed by atoms with van der Waals surface area (Å²) in [7, 11) is 0. The van der Waals surface area contributed by atoms with E-state index in [0.29, 0.717) is 28.7 Å². The number of anilines is 1. The number of aromatic amines is 1. The van der Waals surface area contributed by atoms with Gasteiger partial charge in [-0.3, -0.25) is 4.79 Å². The number of hydrogen-bond donors (Lipinski definition) is 2. The van der Waals surface area contributed by atoms with Gasteiger partial charge >= 0.3 is 6.03 Å². The Morgan fingerprint density at radius 2 is 1.90 bits per heavy atom. The number of nitrogens with zero attached hydrogens (tertiary/aromatic N) is 2. The average molecular weight is 417 g/mol. The number of rotatable bonds is 5. The fraction of sp³-hybridized carbons (Fsp3) is 0.286. The normalized spacial score (nSPS) is 12.2. The third-order valence-corrected chi connectivity index (χ3v) is 4.87. The fourth-order valence-electron chi connectivity index (χ4n) is 3.18. The van der Waals surface area contributed by atoms with E-state index in [2.05, 4.69) is 15.5 Å². The number of nitrogens with one attached hydrogen (secondary N) is 2. The molecule has 2 aromatic carbocycles. The minimum absolute atomic E-state index is 0.0699. The predicted octanol–water partition coefficient (Wildman–Crippen LogP) is 4.97. The molecule has 2 N–H and O–H groups in total. The van der Waals surface area contributed by atoms with Gasteiger partial charge in [0, 0.05) is 17.6 Å². The largest absolute Gasteiger partial charge is 0.322 e. The van der Waals surface area contributed by atoms with E-state index in [-0.39, 0.29) is 22.5 Å². The number of carbonyl (C=O) groups is 1. The Hall–Kier alpha value is -2.93. The Bertz CT molecular complexity index is 1100. The highest BCUT2D eigenvalue weighted by atomic mass is 35.5. The van der Waals surface area contributed by atoms with E-state index >= 15 is 0 Å². The first-order valence-electron chi connectivity index (χ1n) is 9.28. The number of halogens is 2. The van der Waals surface area contributed by atoms with Crippen LogP contribution in [0, 0.1) is 11.7 Å². The van der Waals surface area contributed by atoms with Gasteiger partial charge in [-0.1, -0.05) is 43.6 Å². The van der Waals surface area contributed by atoms with Gasteiger partial charge in [-0.05, 0) is 37.1 Å². The van der Waals surface area contributed by atoms with Gasteiger partial charge in [-0.25, -0.2) is 14.3 Å². The molecule has 0 radical (unpaired) electrons. The lowest BCUT2D eigenvalue weighted by atomic mass is 10.0. The summed E-state index contributed by atoms with van der Waals surface area (Å²) in [6.45, 7) is 6.31. The van der Waals surface area contributed by atoms with E-state index in [1.807, 2.05) is 32.9 Å². The number of amides is 2. The number of benzene rings is 2. The smallest absolute Gasteiger partial charge is 0.316 e. The number of carbonyl (C=O) groups excluding carboxylic acids is 1. The van der Waals surface area contributed by atoms with Crippen molar-refractivity contribution in [2.45, 2.75) is 26.8 Å². The van der Waals surface area contributed by atoms with Gasteiger partial charge in [0.25, 0.3) is 5.56 Å². The minimum atomic E-state index is -0.555. The molecule has 0 aliphatic carbocycles. The van der Waals surface area contributed by atoms with Gasteiger partial charge in [0.2, 0.25) is 0 Å². The summed E-state index contributed by atoms with van der Waals surface area (Å²) < 4.78 is 13.4. The maximum absolute atomic E-state index is 13.4. The summed E-state index contributed by atoms with van der Waals surface area (Å²) in [5.74, 6) is -0.366. The van der Waals surface area contributed by atoms with E-state index in [0.717, 1.165) is 0 Å².